The van der Waals surface area contributed by atoms with Crippen molar-refractivity contribution >= 4 is 29.1 Å². The van der Waals surface area contributed by atoms with Gasteiger partial charge in [-0.25, -0.2) is 4.98 Å². The third-order valence-electron chi connectivity index (χ3n) is 2.56. The Morgan fingerprint density at radius 1 is 1.50 bits per heavy atom. The number of hydrogen-bond acceptors (Lipinski definition) is 3. The van der Waals surface area contributed by atoms with Crippen LogP contribution in [0.4, 0.5) is 0 Å². The number of carbonyl (C=O) groups excluding carboxylic acids is 1. The summed E-state index contributed by atoms with van der Waals surface area (Å²) < 4.78 is 5.05. The van der Waals surface area contributed by atoms with Crippen LogP contribution >= 0.6 is 23.2 Å². The molecule has 18 heavy (non-hydrogen) atoms. The van der Waals surface area contributed by atoms with E-state index in [0.717, 1.165) is 0 Å². The molecule has 0 aliphatic heterocycles. The maximum absolute atomic E-state index is 12.3. The van der Waals surface area contributed by atoms with Crippen LogP contribution in [0.3, 0.4) is 0 Å². The van der Waals surface area contributed by atoms with Gasteiger partial charge < -0.3 is 9.64 Å². The van der Waals surface area contributed by atoms with Gasteiger partial charge >= 0.3 is 0 Å². The quantitative estimate of drug-likeness (QED) is 0.783. The molecular formula is C12H16Cl2N2O2. The molecule has 0 saturated carbocycles. The molecule has 1 aromatic rings. The summed E-state index contributed by atoms with van der Waals surface area (Å²) in [4.78, 5) is 18.0. The monoisotopic (exact) mass is 290 g/mol. The molecule has 1 amide bonds. The topological polar surface area (TPSA) is 42.4 Å². The summed E-state index contributed by atoms with van der Waals surface area (Å²) in [5.41, 5.74) is 0.175. The van der Waals surface area contributed by atoms with Crippen LogP contribution in [-0.2, 0) is 4.74 Å². The number of pyridine rings is 1. The molecule has 0 aromatic carbocycles. The zero-order valence-electron chi connectivity index (χ0n) is 10.6. The van der Waals surface area contributed by atoms with Crippen LogP contribution < -0.4 is 0 Å². The molecule has 1 rings (SSSR count). The summed E-state index contributed by atoms with van der Waals surface area (Å²) in [5.74, 6) is -0.241. The van der Waals surface area contributed by atoms with Crippen LogP contribution in [0.25, 0.3) is 0 Å². The zero-order chi connectivity index (χ0) is 13.7. The van der Waals surface area contributed by atoms with Gasteiger partial charge in [0.25, 0.3) is 5.91 Å². The molecule has 0 N–H and O–H groups in total. The van der Waals surface area contributed by atoms with Crippen molar-refractivity contribution < 1.29 is 9.53 Å². The van der Waals surface area contributed by atoms with Crippen molar-refractivity contribution in [3.8, 4) is 0 Å². The van der Waals surface area contributed by atoms with Crippen molar-refractivity contribution in [3.63, 3.8) is 0 Å². The standard InChI is InChI=1S/C12H16Cl2N2O2/c1-4-16(8(2)7-18-3)12(17)11-9(13)5-6-10(14)15-11/h5-6,8H,4,7H2,1-3H3. The summed E-state index contributed by atoms with van der Waals surface area (Å²) in [6.45, 7) is 4.80. The number of likely N-dealkylation sites (N-methyl/N-ethyl adjacent to an activating group) is 1. The third kappa shape index (κ3) is 3.57. The fourth-order valence-corrected chi connectivity index (χ4v) is 2.02. The van der Waals surface area contributed by atoms with Crippen molar-refractivity contribution in [2.75, 3.05) is 20.3 Å². The molecule has 1 heterocycles. The summed E-state index contributed by atoms with van der Waals surface area (Å²) >= 11 is 11.8. The van der Waals surface area contributed by atoms with Crippen molar-refractivity contribution in [1.82, 2.24) is 9.88 Å². The van der Waals surface area contributed by atoms with Crippen LogP contribution in [0.15, 0.2) is 12.1 Å². The highest BCUT2D eigenvalue weighted by Gasteiger charge is 2.23. The molecule has 1 unspecified atom stereocenters. The normalized spacial score (nSPS) is 12.3. The van der Waals surface area contributed by atoms with E-state index in [4.69, 9.17) is 27.9 Å². The van der Waals surface area contributed by atoms with Crippen molar-refractivity contribution in [1.29, 1.82) is 0 Å². The molecule has 0 spiro atoms. The average Bonchev–Trinajstić information content (AvgIpc) is 2.33. The summed E-state index contributed by atoms with van der Waals surface area (Å²) in [7, 11) is 1.60. The Balaban J connectivity index is 2.99. The number of amides is 1. The summed E-state index contributed by atoms with van der Waals surface area (Å²) in [5, 5.41) is 0.547. The number of methoxy groups -OCH3 is 1. The molecule has 4 nitrogen and oxygen atoms in total. The fourth-order valence-electron chi connectivity index (χ4n) is 1.69. The van der Waals surface area contributed by atoms with Gasteiger partial charge in [0.2, 0.25) is 0 Å². The number of ether oxygens (including phenoxy) is 1. The number of hydrogen-bond donors (Lipinski definition) is 0. The molecule has 0 radical (unpaired) electrons. The SMILES string of the molecule is CCN(C(=O)c1nc(Cl)ccc1Cl)C(C)COC. The lowest BCUT2D eigenvalue weighted by atomic mass is 10.2. The van der Waals surface area contributed by atoms with E-state index >= 15 is 0 Å². The van der Waals surface area contributed by atoms with E-state index in [9.17, 15) is 4.79 Å². The van der Waals surface area contributed by atoms with Crippen LogP contribution in [0.5, 0.6) is 0 Å². The molecule has 6 heteroatoms. The Bertz CT molecular complexity index is 427. The van der Waals surface area contributed by atoms with Gasteiger partial charge in [0, 0.05) is 13.7 Å². The Kier molecular flexibility index (Phi) is 5.85. The molecule has 0 aliphatic carbocycles. The van der Waals surface area contributed by atoms with E-state index in [0.29, 0.717) is 18.2 Å². The predicted octanol–water partition coefficient (Wildman–Crippen LogP) is 2.89. The van der Waals surface area contributed by atoms with Gasteiger partial charge in [0.05, 0.1) is 17.7 Å². The number of aromatic nitrogens is 1. The first-order valence-electron chi connectivity index (χ1n) is 5.63. The first-order valence-corrected chi connectivity index (χ1v) is 6.38. The summed E-state index contributed by atoms with van der Waals surface area (Å²) in [6, 6.07) is 3.07. The van der Waals surface area contributed by atoms with Gasteiger partial charge in [-0.05, 0) is 26.0 Å². The fraction of sp³-hybridized carbons (Fsp3) is 0.500. The van der Waals surface area contributed by atoms with E-state index in [-0.39, 0.29) is 22.8 Å². The second-order valence-electron chi connectivity index (χ2n) is 3.86. The van der Waals surface area contributed by atoms with E-state index in [2.05, 4.69) is 4.98 Å². The van der Waals surface area contributed by atoms with Gasteiger partial charge in [0.1, 0.15) is 10.8 Å². The number of carbonyl (C=O) groups is 1. The van der Waals surface area contributed by atoms with Crippen LogP contribution in [0.2, 0.25) is 10.2 Å². The highest BCUT2D eigenvalue weighted by atomic mass is 35.5. The molecule has 0 aliphatic rings. The van der Waals surface area contributed by atoms with Crippen LogP contribution in [-0.4, -0.2) is 42.1 Å². The van der Waals surface area contributed by atoms with Gasteiger partial charge in [-0.1, -0.05) is 23.2 Å². The Morgan fingerprint density at radius 2 is 2.17 bits per heavy atom. The van der Waals surface area contributed by atoms with Crippen LogP contribution in [0.1, 0.15) is 24.3 Å². The molecular weight excluding hydrogens is 275 g/mol. The number of rotatable bonds is 5. The van der Waals surface area contributed by atoms with E-state index in [1.165, 1.54) is 0 Å². The minimum absolute atomic E-state index is 0.0515. The highest BCUT2D eigenvalue weighted by Crippen LogP contribution is 2.19. The lowest BCUT2D eigenvalue weighted by molar-refractivity contribution is 0.0574. The van der Waals surface area contributed by atoms with E-state index in [1.54, 1.807) is 24.1 Å². The predicted molar refractivity (Wildman–Crippen MR) is 72.3 cm³/mol. The molecule has 0 bridgehead atoms. The maximum atomic E-state index is 12.3. The second kappa shape index (κ2) is 6.92. The number of halogens is 2. The summed E-state index contributed by atoms with van der Waals surface area (Å²) in [6.07, 6.45) is 0. The molecule has 0 fully saturated rings. The number of nitrogens with zero attached hydrogens (tertiary/aromatic N) is 2. The third-order valence-corrected chi connectivity index (χ3v) is 3.07. The lowest BCUT2D eigenvalue weighted by Gasteiger charge is -2.27. The first-order chi connectivity index (χ1) is 8.51. The molecule has 1 aromatic heterocycles. The van der Waals surface area contributed by atoms with Crippen molar-refractivity contribution in [2.45, 2.75) is 19.9 Å². The minimum Gasteiger partial charge on any atom is -0.383 e. The zero-order valence-corrected chi connectivity index (χ0v) is 12.1. The van der Waals surface area contributed by atoms with E-state index in [1.807, 2.05) is 13.8 Å². The Morgan fingerprint density at radius 3 is 2.72 bits per heavy atom. The van der Waals surface area contributed by atoms with Crippen molar-refractivity contribution in [2.24, 2.45) is 0 Å². The second-order valence-corrected chi connectivity index (χ2v) is 4.65. The van der Waals surface area contributed by atoms with Crippen molar-refractivity contribution in [3.05, 3.63) is 28.0 Å². The van der Waals surface area contributed by atoms with Gasteiger partial charge in [0.15, 0.2) is 0 Å². The average molecular weight is 291 g/mol. The van der Waals surface area contributed by atoms with Gasteiger partial charge in [-0.3, -0.25) is 4.79 Å². The van der Waals surface area contributed by atoms with Gasteiger partial charge in [-0.2, -0.15) is 0 Å². The lowest BCUT2D eigenvalue weighted by Crippen LogP contribution is -2.41. The highest BCUT2D eigenvalue weighted by molar-refractivity contribution is 6.34. The molecule has 1 atom stereocenters. The molecule has 100 valence electrons. The smallest absolute Gasteiger partial charge is 0.274 e. The molecule has 0 saturated heterocycles. The first kappa shape index (κ1) is 15.2. The van der Waals surface area contributed by atoms with E-state index < -0.39 is 0 Å². The maximum Gasteiger partial charge on any atom is 0.274 e. The largest absolute Gasteiger partial charge is 0.383 e. The Hall–Kier alpha value is -0.840. The van der Waals surface area contributed by atoms with Crippen LogP contribution in [0, 0.1) is 0 Å². The minimum atomic E-state index is -0.241. The van der Waals surface area contributed by atoms with Gasteiger partial charge in [-0.15, -0.1) is 0 Å². The Labute approximate surface area is 117 Å².